The molecule has 9 heteroatoms. The van der Waals surface area contributed by atoms with Crippen LogP contribution in [0.2, 0.25) is 0 Å². The van der Waals surface area contributed by atoms with Crippen molar-refractivity contribution in [1.29, 1.82) is 0 Å². The summed E-state index contributed by atoms with van der Waals surface area (Å²) in [5.41, 5.74) is 2.08. The van der Waals surface area contributed by atoms with Gasteiger partial charge in [0.1, 0.15) is 4.32 Å². The molecule has 6 nitrogen and oxygen atoms in total. The number of carbonyl (C=O) groups excluding carboxylic acids is 1. The van der Waals surface area contributed by atoms with Gasteiger partial charge in [0, 0.05) is 32.4 Å². The van der Waals surface area contributed by atoms with Crippen molar-refractivity contribution in [2.24, 2.45) is 0 Å². The Labute approximate surface area is 183 Å². The molecule has 1 aromatic carbocycles. The van der Waals surface area contributed by atoms with Crippen LogP contribution in [0.3, 0.4) is 0 Å². The number of nitrogens with zero attached hydrogens (tertiary/aromatic N) is 2. The highest BCUT2D eigenvalue weighted by atomic mass is 32.2. The Morgan fingerprint density at radius 3 is 2.52 bits per heavy atom. The molecule has 0 radical (unpaired) electrons. The highest BCUT2D eigenvalue weighted by molar-refractivity contribution is 8.26. The molecule has 1 amide bonds. The SMILES string of the molecule is CCCCCCN(C)c1ccc(C=C2SC(=S)N(CCNS(C)(=O)=O)C2=O)cc1. The minimum atomic E-state index is -3.29. The van der Waals surface area contributed by atoms with Crippen LogP contribution in [0.4, 0.5) is 5.69 Å². The van der Waals surface area contributed by atoms with Gasteiger partial charge in [-0.2, -0.15) is 0 Å². The molecule has 0 unspecified atom stereocenters. The zero-order valence-electron chi connectivity index (χ0n) is 17.2. The Kier molecular flexibility index (Phi) is 9.13. The van der Waals surface area contributed by atoms with Crippen molar-refractivity contribution in [3.05, 3.63) is 34.7 Å². The number of rotatable bonds is 11. The van der Waals surface area contributed by atoms with E-state index in [-0.39, 0.29) is 19.0 Å². The third kappa shape index (κ3) is 7.73. The first-order chi connectivity index (χ1) is 13.7. The summed E-state index contributed by atoms with van der Waals surface area (Å²) in [7, 11) is -1.20. The number of carbonyl (C=O) groups is 1. The van der Waals surface area contributed by atoms with Crippen molar-refractivity contribution in [2.75, 3.05) is 37.8 Å². The second-order valence-electron chi connectivity index (χ2n) is 7.07. The summed E-state index contributed by atoms with van der Waals surface area (Å²) < 4.78 is 25.2. The monoisotopic (exact) mass is 455 g/mol. The van der Waals surface area contributed by atoms with E-state index >= 15 is 0 Å². The smallest absolute Gasteiger partial charge is 0.266 e. The third-order valence-electron chi connectivity index (χ3n) is 4.55. The Morgan fingerprint density at radius 2 is 1.90 bits per heavy atom. The van der Waals surface area contributed by atoms with Gasteiger partial charge in [0.2, 0.25) is 10.0 Å². The normalized spacial score (nSPS) is 16.1. The summed E-state index contributed by atoms with van der Waals surface area (Å²) in [5.74, 6) is -0.188. The molecule has 0 aromatic heterocycles. The van der Waals surface area contributed by atoms with Gasteiger partial charge in [-0.1, -0.05) is 62.3 Å². The van der Waals surface area contributed by atoms with Crippen LogP contribution >= 0.6 is 24.0 Å². The summed E-state index contributed by atoms with van der Waals surface area (Å²) in [6.45, 7) is 3.59. The molecule has 0 aliphatic carbocycles. The number of benzene rings is 1. The van der Waals surface area contributed by atoms with Gasteiger partial charge >= 0.3 is 0 Å². The Morgan fingerprint density at radius 1 is 1.21 bits per heavy atom. The zero-order chi connectivity index (χ0) is 21.4. The molecular formula is C20H29N3O3S3. The highest BCUT2D eigenvalue weighted by Gasteiger charge is 2.31. The summed E-state index contributed by atoms with van der Waals surface area (Å²) >= 11 is 6.52. The summed E-state index contributed by atoms with van der Waals surface area (Å²) in [6.07, 6.45) is 7.86. The molecule has 160 valence electrons. The van der Waals surface area contributed by atoms with Gasteiger partial charge in [0.25, 0.3) is 5.91 Å². The molecule has 0 spiro atoms. The fraction of sp³-hybridized carbons (Fsp3) is 0.500. The van der Waals surface area contributed by atoms with E-state index in [1.807, 2.05) is 18.2 Å². The molecule has 1 fully saturated rings. The maximum Gasteiger partial charge on any atom is 0.266 e. The Bertz CT molecular complexity index is 851. The second kappa shape index (κ2) is 11.1. The van der Waals surface area contributed by atoms with E-state index in [2.05, 4.69) is 35.7 Å². The number of thioether (sulfide) groups is 1. The van der Waals surface area contributed by atoms with Crippen molar-refractivity contribution in [1.82, 2.24) is 9.62 Å². The van der Waals surface area contributed by atoms with Gasteiger partial charge in [0.05, 0.1) is 11.2 Å². The lowest BCUT2D eigenvalue weighted by Gasteiger charge is -2.19. The molecule has 0 saturated carbocycles. The third-order valence-corrected chi connectivity index (χ3v) is 6.66. The topological polar surface area (TPSA) is 69.7 Å². The molecule has 1 saturated heterocycles. The zero-order valence-corrected chi connectivity index (χ0v) is 19.6. The van der Waals surface area contributed by atoms with Gasteiger partial charge in [-0.15, -0.1) is 0 Å². The summed E-state index contributed by atoms with van der Waals surface area (Å²) in [5, 5.41) is 0. The minimum Gasteiger partial charge on any atom is -0.375 e. The highest BCUT2D eigenvalue weighted by Crippen LogP contribution is 2.32. The number of amides is 1. The van der Waals surface area contributed by atoms with Crippen LogP contribution in [0.25, 0.3) is 6.08 Å². The molecule has 1 aliphatic rings. The van der Waals surface area contributed by atoms with Gasteiger partial charge < -0.3 is 4.90 Å². The maximum atomic E-state index is 12.6. The van der Waals surface area contributed by atoms with Crippen molar-refractivity contribution >= 4 is 56.0 Å². The van der Waals surface area contributed by atoms with Crippen LogP contribution in [0.5, 0.6) is 0 Å². The van der Waals surface area contributed by atoms with Crippen molar-refractivity contribution in [2.45, 2.75) is 32.6 Å². The first-order valence-electron chi connectivity index (χ1n) is 9.72. The van der Waals surface area contributed by atoms with E-state index < -0.39 is 10.0 Å². The van der Waals surface area contributed by atoms with E-state index in [0.29, 0.717) is 9.23 Å². The molecule has 0 atom stereocenters. The van der Waals surface area contributed by atoms with Gasteiger partial charge in [-0.05, 0) is 30.2 Å². The van der Waals surface area contributed by atoms with Gasteiger partial charge in [0.15, 0.2) is 0 Å². The predicted molar refractivity (Wildman–Crippen MR) is 127 cm³/mol. The number of nitrogens with one attached hydrogen (secondary N) is 1. The average Bonchev–Trinajstić information content (AvgIpc) is 2.92. The molecule has 1 heterocycles. The van der Waals surface area contributed by atoms with E-state index in [1.165, 1.54) is 42.3 Å². The summed E-state index contributed by atoms with van der Waals surface area (Å²) in [4.78, 5) is 16.8. The lowest BCUT2D eigenvalue weighted by molar-refractivity contribution is -0.122. The summed E-state index contributed by atoms with van der Waals surface area (Å²) in [6, 6.07) is 8.11. The van der Waals surface area contributed by atoms with Crippen molar-refractivity contribution in [3.63, 3.8) is 0 Å². The van der Waals surface area contributed by atoms with Crippen LogP contribution in [-0.2, 0) is 14.8 Å². The lowest BCUT2D eigenvalue weighted by atomic mass is 10.1. The molecule has 1 aliphatic heterocycles. The molecule has 1 aromatic rings. The van der Waals surface area contributed by atoms with Crippen molar-refractivity contribution < 1.29 is 13.2 Å². The van der Waals surface area contributed by atoms with Crippen molar-refractivity contribution in [3.8, 4) is 0 Å². The number of hydrogen-bond acceptors (Lipinski definition) is 6. The van der Waals surface area contributed by atoms with Crippen LogP contribution in [-0.4, -0.2) is 56.5 Å². The molecule has 2 rings (SSSR count). The number of hydrogen-bond donors (Lipinski definition) is 1. The van der Waals surface area contributed by atoms with Gasteiger partial charge in [-0.25, -0.2) is 13.1 Å². The molecule has 29 heavy (non-hydrogen) atoms. The Hall–Kier alpha value is -1.42. The minimum absolute atomic E-state index is 0.137. The maximum absolute atomic E-state index is 12.6. The van der Waals surface area contributed by atoms with E-state index in [0.717, 1.165) is 24.1 Å². The van der Waals surface area contributed by atoms with E-state index in [4.69, 9.17) is 12.2 Å². The van der Waals surface area contributed by atoms with Crippen LogP contribution < -0.4 is 9.62 Å². The fourth-order valence-corrected chi connectivity index (χ4v) is 4.69. The second-order valence-corrected chi connectivity index (χ2v) is 10.6. The first kappa shape index (κ1) is 23.9. The number of thiocarbonyl (C=S) groups is 1. The van der Waals surface area contributed by atoms with Crippen LogP contribution in [0, 0.1) is 0 Å². The van der Waals surface area contributed by atoms with Gasteiger partial charge in [-0.3, -0.25) is 9.69 Å². The Balaban J connectivity index is 1.95. The number of anilines is 1. The standard InChI is InChI=1S/C20H29N3O3S3/c1-4-5-6-7-13-22(2)17-10-8-16(9-11-17)15-18-19(24)23(20(27)28-18)14-12-21-29(3,25)26/h8-11,15,21H,4-7,12-14H2,1-3H3. The number of unbranched alkanes of at least 4 members (excludes halogenated alkanes) is 3. The van der Waals surface area contributed by atoms with Crippen LogP contribution in [0.1, 0.15) is 38.2 Å². The van der Waals surface area contributed by atoms with E-state index in [9.17, 15) is 13.2 Å². The lowest BCUT2D eigenvalue weighted by Crippen LogP contribution is -2.36. The molecular weight excluding hydrogens is 426 g/mol. The quantitative estimate of drug-likeness (QED) is 0.313. The predicted octanol–water partition coefficient (Wildman–Crippen LogP) is 3.45. The van der Waals surface area contributed by atoms with E-state index in [1.54, 1.807) is 0 Å². The molecule has 0 bridgehead atoms. The van der Waals surface area contributed by atoms with Crippen LogP contribution in [0.15, 0.2) is 29.2 Å². The average molecular weight is 456 g/mol. The number of sulfonamides is 1. The first-order valence-corrected chi connectivity index (χ1v) is 12.8. The molecule has 1 N–H and O–H groups in total. The fourth-order valence-electron chi connectivity index (χ4n) is 2.92. The largest absolute Gasteiger partial charge is 0.375 e.